The molecule has 0 saturated carbocycles. The highest BCUT2D eigenvalue weighted by molar-refractivity contribution is 7.99. The van der Waals surface area contributed by atoms with Crippen LogP contribution in [0.1, 0.15) is 31.8 Å². The van der Waals surface area contributed by atoms with E-state index in [1.54, 1.807) is 35.4 Å². The number of carbonyl (C=O) groups is 2. The Bertz CT molecular complexity index is 2250. The van der Waals surface area contributed by atoms with Crippen molar-refractivity contribution < 1.29 is 36.3 Å². The molecule has 0 bridgehead atoms. The summed E-state index contributed by atoms with van der Waals surface area (Å²) in [4.78, 5) is 34.3. The molecule has 1 saturated heterocycles. The molecule has 0 spiro atoms. The van der Waals surface area contributed by atoms with E-state index in [1.807, 2.05) is 59.0 Å². The van der Waals surface area contributed by atoms with Gasteiger partial charge in [0.15, 0.2) is 0 Å². The summed E-state index contributed by atoms with van der Waals surface area (Å²) in [6.45, 7) is 3.99. The van der Waals surface area contributed by atoms with Crippen LogP contribution in [0.2, 0.25) is 0 Å². The van der Waals surface area contributed by atoms with Crippen molar-refractivity contribution in [2.24, 2.45) is 0 Å². The lowest BCUT2D eigenvalue weighted by molar-refractivity contribution is -0.137. The van der Waals surface area contributed by atoms with Crippen molar-refractivity contribution in [2.75, 3.05) is 48.7 Å². The molecule has 1 aliphatic heterocycles. The fourth-order valence-corrected chi connectivity index (χ4v) is 7.85. The Hall–Kier alpha value is -5.54. The van der Waals surface area contributed by atoms with Crippen molar-refractivity contribution in [3.63, 3.8) is 0 Å². The number of nitrogens with one attached hydrogen (secondary N) is 2. The molecule has 0 radical (unpaired) electrons. The largest absolute Gasteiger partial charge is 0.506 e. The van der Waals surface area contributed by atoms with Gasteiger partial charge >= 0.3 is 6.18 Å². The molecule has 6 rings (SSSR count). The maximum atomic E-state index is 14.0. The second-order valence-corrected chi connectivity index (χ2v) is 15.4. The fourth-order valence-electron chi connectivity index (χ4n) is 6.06. The van der Waals surface area contributed by atoms with Gasteiger partial charge in [0.1, 0.15) is 5.75 Å². The van der Waals surface area contributed by atoms with E-state index in [0.717, 1.165) is 39.4 Å². The summed E-state index contributed by atoms with van der Waals surface area (Å²) in [5.74, 6) is -0.578. The number of carbonyl (C=O) groups excluding carboxylic acids is 2. The van der Waals surface area contributed by atoms with Crippen molar-refractivity contribution in [1.29, 1.82) is 0 Å². The van der Waals surface area contributed by atoms with Gasteiger partial charge in [0.05, 0.1) is 16.7 Å². The maximum absolute atomic E-state index is 14.0. The van der Waals surface area contributed by atoms with Gasteiger partial charge in [-0.2, -0.15) is 13.2 Å². The number of nitrogens with zero attached hydrogens (tertiary/aromatic N) is 3. The van der Waals surface area contributed by atoms with Crippen molar-refractivity contribution in [2.45, 2.75) is 22.9 Å². The first-order valence-corrected chi connectivity index (χ1v) is 19.3. The number of thioether (sulfide) groups is 1. The lowest BCUT2D eigenvalue weighted by Gasteiger charge is -2.36. The van der Waals surface area contributed by atoms with Crippen LogP contribution >= 0.6 is 11.8 Å². The van der Waals surface area contributed by atoms with Crippen molar-refractivity contribution in [1.82, 2.24) is 14.6 Å². The van der Waals surface area contributed by atoms with Crippen LogP contribution in [0.25, 0.3) is 11.1 Å². The number of rotatable bonds is 11. The molecule has 1 fully saturated rings. The number of pyridine rings is 1. The number of anilines is 2. The number of halogens is 3. The number of sulfonamides is 1. The molecular weight excluding hydrogens is 740 g/mol. The summed E-state index contributed by atoms with van der Waals surface area (Å²) in [5.41, 5.74) is 2.33. The first-order valence-electron chi connectivity index (χ1n) is 16.9. The zero-order valence-corrected chi connectivity index (χ0v) is 30.6. The van der Waals surface area contributed by atoms with E-state index in [0.29, 0.717) is 43.6 Å². The van der Waals surface area contributed by atoms with Gasteiger partial charge in [0.2, 0.25) is 0 Å². The van der Waals surface area contributed by atoms with Gasteiger partial charge in [-0.15, -0.1) is 11.8 Å². The number of aromatic hydroxyl groups is 1. The number of aromatic nitrogens is 1. The Labute approximate surface area is 315 Å². The van der Waals surface area contributed by atoms with Gasteiger partial charge in [-0.1, -0.05) is 24.3 Å². The molecular formula is C39H36F3N5O5S2. The number of benzene rings is 4. The second kappa shape index (κ2) is 16.2. The van der Waals surface area contributed by atoms with Crippen LogP contribution in [0.5, 0.6) is 5.75 Å². The fraction of sp³-hybridized carbons (Fsp3) is 0.205. The highest BCUT2D eigenvalue weighted by Gasteiger charge is 2.35. The van der Waals surface area contributed by atoms with Crippen molar-refractivity contribution in [3.05, 3.63) is 132 Å². The monoisotopic (exact) mass is 775 g/mol. The smallest absolute Gasteiger partial charge is 0.418 e. The normalized spacial score (nSPS) is 13.4. The van der Waals surface area contributed by atoms with E-state index in [-0.39, 0.29) is 29.5 Å². The van der Waals surface area contributed by atoms with Crippen LogP contribution in [-0.4, -0.2) is 73.7 Å². The quantitative estimate of drug-likeness (QED) is 0.0953. The highest BCUT2D eigenvalue weighted by Crippen LogP contribution is 2.36. The molecule has 54 heavy (non-hydrogen) atoms. The molecule has 2 amide bonds. The zero-order chi connectivity index (χ0) is 38.5. The number of hydrogen-bond donors (Lipinski definition) is 3. The Morgan fingerprint density at radius 2 is 1.57 bits per heavy atom. The predicted octanol–water partition coefficient (Wildman–Crippen LogP) is 7.07. The third kappa shape index (κ3) is 9.15. The first kappa shape index (κ1) is 38.2. The Balaban J connectivity index is 1.04. The number of piperazine rings is 1. The maximum Gasteiger partial charge on any atom is 0.418 e. The van der Waals surface area contributed by atoms with E-state index < -0.39 is 32.6 Å². The average molecular weight is 776 g/mol. The van der Waals surface area contributed by atoms with Gasteiger partial charge in [-0.05, 0) is 90.8 Å². The summed E-state index contributed by atoms with van der Waals surface area (Å²) in [6, 6.07) is 25.1. The minimum absolute atomic E-state index is 0.00157. The Kier molecular flexibility index (Phi) is 11.5. The molecule has 10 nitrogen and oxygen atoms in total. The number of hydrogen-bond acceptors (Lipinski definition) is 9. The SMILES string of the molecule is Cc1cc(C(=O)N2CCN(c3ccc(C(=O)NS(=O)(=O)c4ccc(NCCSc5ccccc5)c(C(F)(F)F)c4)cc3)CC2)ccc1-c1cncc(O)c1. The molecule has 2 heterocycles. The standard InChI is InChI=1S/C39H36F3N5O5S2/c1-26-21-28(9-13-34(26)29-22-31(48)25-43-24-29)38(50)47-18-16-46(17-19-47)30-10-7-27(8-11-30)37(49)45-54(51,52)33-12-14-36(35(23-33)39(40,41)42)44-15-20-53-32-5-3-2-4-6-32/h2-14,21-25,44,48H,15-20H2,1H3,(H,45,49). The lowest BCUT2D eigenvalue weighted by atomic mass is 9.99. The Morgan fingerprint density at radius 3 is 2.24 bits per heavy atom. The molecule has 1 aliphatic rings. The van der Waals surface area contributed by atoms with Gasteiger partial charge in [-0.25, -0.2) is 13.1 Å². The van der Waals surface area contributed by atoms with Crippen LogP contribution in [0, 0.1) is 6.92 Å². The molecule has 0 atom stereocenters. The van der Waals surface area contributed by atoms with E-state index in [9.17, 15) is 36.3 Å². The van der Waals surface area contributed by atoms with Crippen molar-refractivity contribution in [3.8, 4) is 16.9 Å². The van der Waals surface area contributed by atoms with Crippen LogP contribution in [-0.2, 0) is 16.2 Å². The number of amides is 2. The predicted molar refractivity (Wildman–Crippen MR) is 202 cm³/mol. The number of alkyl halides is 3. The highest BCUT2D eigenvalue weighted by atomic mass is 32.2. The summed E-state index contributed by atoms with van der Waals surface area (Å²) >= 11 is 1.46. The molecule has 5 aromatic rings. The van der Waals surface area contributed by atoms with Crippen molar-refractivity contribution >= 4 is 45.0 Å². The molecule has 15 heteroatoms. The summed E-state index contributed by atoms with van der Waals surface area (Å²) in [7, 11) is -4.65. The molecule has 1 aromatic heterocycles. The molecule has 3 N–H and O–H groups in total. The van der Waals surface area contributed by atoms with Gasteiger partial charge in [-0.3, -0.25) is 14.6 Å². The molecule has 0 unspecified atom stereocenters. The number of aryl methyl sites for hydroxylation is 1. The minimum Gasteiger partial charge on any atom is -0.506 e. The summed E-state index contributed by atoms with van der Waals surface area (Å²) in [6.07, 6.45) is -1.85. The topological polar surface area (TPSA) is 132 Å². The van der Waals surface area contributed by atoms with Gasteiger partial charge < -0.3 is 20.2 Å². The average Bonchev–Trinajstić information content (AvgIpc) is 3.16. The summed E-state index contributed by atoms with van der Waals surface area (Å²) < 4.78 is 69.9. The Morgan fingerprint density at radius 1 is 0.870 bits per heavy atom. The first-order chi connectivity index (χ1) is 25.8. The van der Waals surface area contributed by atoms with Crippen LogP contribution in [0.3, 0.4) is 0 Å². The van der Waals surface area contributed by atoms with E-state index in [1.165, 1.54) is 30.1 Å². The molecule has 280 valence electrons. The third-order valence-electron chi connectivity index (χ3n) is 8.83. The zero-order valence-electron chi connectivity index (χ0n) is 29.0. The molecule has 4 aromatic carbocycles. The van der Waals surface area contributed by atoms with Crippen LogP contribution in [0.15, 0.2) is 119 Å². The molecule has 0 aliphatic carbocycles. The van der Waals surface area contributed by atoms with E-state index >= 15 is 0 Å². The lowest BCUT2D eigenvalue weighted by Crippen LogP contribution is -2.48. The summed E-state index contributed by atoms with van der Waals surface area (Å²) in [5, 5.41) is 12.5. The van der Waals surface area contributed by atoms with Gasteiger partial charge in [0.25, 0.3) is 21.8 Å². The van der Waals surface area contributed by atoms with Crippen LogP contribution in [0.4, 0.5) is 24.5 Å². The minimum atomic E-state index is -4.85. The third-order valence-corrected chi connectivity index (χ3v) is 11.2. The van der Waals surface area contributed by atoms with Gasteiger partial charge in [0, 0.05) is 77.6 Å². The van der Waals surface area contributed by atoms with Crippen LogP contribution < -0.4 is 14.9 Å². The van der Waals surface area contributed by atoms with E-state index in [2.05, 4.69) is 10.3 Å². The van der Waals surface area contributed by atoms with E-state index in [4.69, 9.17) is 0 Å². The second-order valence-electron chi connectivity index (χ2n) is 12.5.